The van der Waals surface area contributed by atoms with Crippen LogP contribution in [0.5, 0.6) is 0 Å². The van der Waals surface area contributed by atoms with E-state index in [9.17, 15) is 4.79 Å². The monoisotopic (exact) mass is 258 g/mol. The standard InChI is InChI=1S/C13H14N4O2/c1-8-15-13(19-17-8)10-4-2-3-5-11(10)16-12(18)9-6-14-7-9/h2-5,9,14H,6-7H2,1H3,(H,16,18). The average molecular weight is 258 g/mol. The van der Waals surface area contributed by atoms with Crippen molar-refractivity contribution in [3.63, 3.8) is 0 Å². The summed E-state index contributed by atoms with van der Waals surface area (Å²) in [6.45, 7) is 3.22. The van der Waals surface area contributed by atoms with Crippen LogP contribution in [-0.2, 0) is 4.79 Å². The van der Waals surface area contributed by atoms with Crippen molar-refractivity contribution >= 4 is 11.6 Å². The van der Waals surface area contributed by atoms with Crippen LogP contribution in [-0.4, -0.2) is 29.1 Å². The molecule has 19 heavy (non-hydrogen) atoms. The molecule has 1 aliphatic heterocycles. The van der Waals surface area contributed by atoms with Gasteiger partial charge in [-0.1, -0.05) is 17.3 Å². The summed E-state index contributed by atoms with van der Waals surface area (Å²) in [5.41, 5.74) is 1.44. The Labute approximate surface area is 110 Å². The average Bonchev–Trinajstić information content (AvgIpc) is 2.74. The molecule has 1 amide bonds. The lowest BCUT2D eigenvalue weighted by Gasteiger charge is -2.26. The number of nitrogens with one attached hydrogen (secondary N) is 2. The number of rotatable bonds is 3. The first-order valence-corrected chi connectivity index (χ1v) is 6.15. The lowest BCUT2D eigenvalue weighted by Crippen LogP contribution is -2.48. The summed E-state index contributed by atoms with van der Waals surface area (Å²) in [7, 11) is 0. The minimum absolute atomic E-state index is 0.0161. The maximum Gasteiger partial charge on any atom is 0.260 e. The van der Waals surface area contributed by atoms with Crippen LogP contribution in [0.4, 0.5) is 5.69 Å². The van der Waals surface area contributed by atoms with E-state index in [-0.39, 0.29) is 11.8 Å². The molecule has 0 saturated carbocycles. The number of para-hydroxylation sites is 1. The van der Waals surface area contributed by atoms with Gasteiger partial charge in [-0.05, 0) is 19.1 Å². The van der Waals surface area contributed by atoms with Gasteiger partial charge in [0.25, 0.3) is 5.89 Å². The first-order chi connectivity index (χ1) is 9.24. The molecule has 0 radical (unpaired) electrons. The van der Waals surface area contributed by atoms with E-state index < -0.39 is 0 Å². The molecular weight excluding hydrogens is 244 g/mol. The molecule has 6 nitrogen and oxygen atoms in total. The Morgan fingerprint density at radius 3 is 2.84 bits per heavy atom. The summed E-state index contributed by atoms with van der Waals surface area (Å²) in [6.07, 6.45) is 0. The molecule has 3 rings (SSSR count). The molecular formula is C13H14N4O2. The Hall–Kier alpha value is -2.21. The molecule has 0 aliphatic carbocycles. The van der Waals surface area contributed by atoms with Crippen molar-refractivity contribution in [1.82, 2.24) is 15.5 Å². The van der Waals surface area contributed by atoms with Crippen molar-refractivity contribution in [2.45, 2.75) is 6.92 Å². The summed E-state index contributed by atoms with van der Waals surface area (Å²) in [5.74, 6) is 1.04. The van der Waals surface area contributed by atoms with Gasteiger partial charge in [0.15, 0.2) is 5.82 Å². The van der Waals surface area contributed by atoms with Gasteiger partial charge in [0.2, 0.25) is 5.91 Å². The Balaban J connectivity index is 1.86. The number of amides is 1. The molecule has 0 atom stereocenters. The summed E-state index contributed by atoms with van der Waals surface area (Å²) >= 11 is 0. The molecule has 6 heteroatoms. The van der Waals surface area contributed by atoms with Crippen LogP contribution in [0.15, 0.2) is 28.8 Å². The zero-order valence-electron chi connectivity index (χ0n) is 10.5. The highest BCUT2D eigenvalue weighted by molar-refractivity contribution is 5.96. The van der Waals surface area contributed by atoms with E-state index in [2.05, 4.69) is 20.8 Å². The predicted octanol–water partition coefficient (Wildman–Crippen LogP) is 1.20. The van der Waals surface area contributed by atoms with Gasteiger partial charge >= 0.3 is 0 Å². The number of nitrogens with zero attached hydrogens (tertiary/aromatic N) is 2. The molecule has 1 aromatic heterocycles. The van der Waals surface area contributed by atoms with Crippen molar-refractivity contribution in [2.75, 3.05) is 18.4 Å². The van der Waals surface area contributed by atoms with E-state index in [1.165, 1.54) is 0 Å². The zero-order chi connectivity index (χ0) is 13.2. The van der Waals surface area contributed by atoms with Crippen LogP contribution < -0.4 is 10.6 Å². The molecule has 1 aromatic carbocycles. The predicted molar refractivity (Wildman–Crippen MR) is 69.5 cm³/mol. The largest absolute Gasteiger partial charge is 0.334 e. The zero-order valence-corrected chi connectivity index (χ0v) is 10.5. The molecule has 0 spiro atoms. The van der Waals surface area contributed by atoms with Crippen LogP contribution >= 0.6 is 0 Å². The summed E-state index contributed by atoms with van der Waals surface area (Å²) < 4.78 is 5.15. The topological polar surface area (TPSA) is 80.0 Å². The fraction of sp³-hybridized carbons (Fsp3) is 0.308. The molecule has 0 unspecified atom stereocenters. The molecule has 98 valence electrons. The number of carbonyl (C=O) groups excluding carboxylic acids is 1. The first-order valence-electron chi connectivity index (χ1n) is 6.15. The van der Waals surface area contributed by atoms with Gasteiger partial charge in [0.1, 0.15) is 0 Å². The molecule has 2 heterocycles. The maximum atomic E-state index is 12.0. The first kappa shape index (κ1) is 11.9. The maximum absolute atomic E-state index is 12.0. The van der Waals surface area contributed by atoms with Crippen molar-refractivity contribution in [3.05, 3.63) is 30.1 Å². The van der Waals surface area contributed by atoms with Crippen LogP contribution in [0.3, 0.4) is 0 Å². The Bertz CT molecular complexity index is 604. The smallest absolute Gasteiger partial charge is 0.260 e. The second kappa shape index (κ2) is 4.81. The number of carbonyl (C=O) groups is 1. The van der Waals surface area contributed by atoms with Crippen LogP contribution in [0.2, 0.25) is 0 Å². The molecule has 1 aliphatic rings. The van der Waals surface area contributed by atoms with Crippen LogP contribution in [0.1, 0.15) is 5.82 Å². The number of hydrogen-bond acceptors (Lipinski definition) is 5. The van der Waals surface area contributed by atoms with Gasteiger partial charge in [-0.15, -0.1) is 0 Å². The third-order valence-corrected chi connectivity index (χ3v) is 3.10. The third-order valence-electron chi connectivity index (χ3n) is 3.10. The Morgan fingerprint density at radius 1 is 1.42 bits per heavy atom. The second-order valence-electron chi connectivity index (χ2n) is 4.54. The van der Waals surface area contributed by atoms with E-state index in [1.807, 2.05) is 24.3 Å². The molecule has 1 saturated heterocycles. The van der Waals surface area contributed by atoms with E-state index >= 15 is 0 Å². The highest BCUT2D eigenvalue weighted by Gasteiger charge is 2.25. The molecule has 0 bridgehead atoms. The summed E-state index contributed by atoms with van der Waals surface area (Å²) in [6, 6.07) is 7.41. The molecule has 2 aromatic rings. The van der Waals surface area contributed by atoms with Crippen molar-refractivity contribution in [2.24, 2.45) is 5.92 Å². The van der Waals surface area contributed by atoms with Gasteiger partial charge in [0, 0.05) is 13.1 Å². The number of hydrogen-bond donors (Lipinski definition) is 2. The summed E-state index contributed by atoms with van der Waals surface area (Å²) in [5, 5.41) is 9.76. The Kier molecular flexibility index (Phi) is 3.00. The van der Waals surface area contributed by atoms with E-state index in [4.69, 9.17) is 4.52 Å². The number of benzene rings is 1. The highest BCUT2D eigenvalue weighted by atomic mass is 16.5. The summed E-state index contributed by atoms with van der Waals surface area (Å²) in [4.78, 5) is 16.2. The molecule has 2 N–H and O–H groups in total. The normalized spacial score (nSPS) is 15.0. The van der Waals surface area contributed by atoms with Crippen LogP contribution in [0.25, 0.3) is 11.5 Å². The van der Waals surface area contributed by atoms with Gasteiger partial charge in [-0.25, -0.2) is 0 Å². The highest BCUT2D eigenvalue weighted by Crippen LogP contribution is 2.26. The SMILES string of the molecule is Cc1noc(-c2ccccc2NC(=O)C2CNC2)n1. The van der Waals surface area contributed by atoms with E-state index in [0.717, 1.165) is 18.7 Å². The van der Waals surface area contributed by atoms with Crippen molar-refractivity contribution < 1.29 is 9.32 Å². The van der Waals surface area contributed by atoms with Gasteiger partial charge in [0.05, 0.1) is 17.2 Å². The number of aryl methyl sites for hydroxylation is 1. The van der Waals surface area contributed by atoms with Gasteiger partial charge in [-0.2, -0.15) is 4.98 Å². The van der Waals surface area contributed by atoms with Gasteiger partial charge in [-0.3, -0.25) is 4.79 Å². The number of anilines is 1. The van der Waals surface area contributed by atoms with E-state index in [0.29, 0.717) is 17.4 Å². The van der Waals surface area contributed by atoms with Crippen molar-refractivity contribution in [1.29, 1.82) is 0 Å². The van der Waals surface area contributed by atoms with Crippen molar-refractivity contribution in [3.8, 4) is 11.5 Å². The van der Waals surface area contributed by atoms with Crippen LogP contribution in [0, 0.1) is 12.8 Å². The van der Waals surface area contributed by atoms with Gasteiger partial charge < -0.3 is 15.2 Å². The minimum Gasteiger partial charge on any atom is -0.334 e. The fourth-order valence-electron chi connectivity index (χ4n) is 1.89. The molecule has 1 fully saturated rings. The number of aromatic nitrogens is 2. The minimum atomic E-state index is 0.0161. The third kappa shape index (κ3) is 2.34. The Morgan fingerprint density at radius 2 is 2.21 bits per heavy atom. The second-order valence-corrected chi connectivity index (χ2v) is 4.54. The lowest BCUT2D eigenvalue weighted by atomic mass is 10.0. The quantitative estimate of drug-likeness (QED) is 0.864. The fourth-order valence-corrected chi connectivity index (χ4v) is 1.89. The van der Waals surface area contributed by atoms with E-state index in [1.54, 1.807) is 6.92 Å². The lowest BCUT2D eigenvalue weighted by molar-refractivity contribution is -0.121.